The van der Waals surface area contributed by atoms with E-state index in [1.165, 1.54) is 4.57 Å². The molecule has 2 unspecified atom stereocenters. The van der Waals surface area contributed by atoms with E-state index in [0.717, 1.165) is 44.6 Å². The molecule has 1 amide bonds. The number of fused-ring (bicyclic) bond motifs is 2. The van der Waals surface area contributed by atoms with Gasteiger partial charge in [-0.1, -0.05) is 12.1 Å². The minimum Gasteiger partial charge on any atom is -0.408 e. The average molecular weight is 477 g/mol. The van der Waals surface area contributed by atoms with Crippen molar-refractivity contribution in [3.8, 4) is 16.5 Å². The Labute approximate surface area is 199 Å². The van der Waals surface area contributed by atoms with Crippen molar-refractivity contribution in [2.75, 3.05) is 19.7 Å². The molecule has 5 rings (SSSR count). The minimum atomic E-state index is -0.638. The van der Waals surface area contributed by atoms with Gasteiger partial charge in [-0.25, -0.2) is 4.79 Å². The van der Waals surface area contributed by atoms with Gasteiger partial charge < -0.3 is 19.8 Å². The Balaban J connectivity index is 1.34. The molecule has 4 aromatic rings. The van der Waals surface area contributed by atoms with Crippen molar-refractivity contribution in [2.24, 2.45) is 7.05 Å². The number of thiophene rings is 1. The molecule has 0 spiro atoms. The van der Waals surface area contributed by atoms with Crippen LogP contribution in [-0.4, -0.2) is 42.3 Å². The Bertz CT molecular complexity index is 1450. The number of nitrogens with one attached hydrogen (secondary N) is 2. The quantitative estimate of drug-likeness (QED) is 0.458. The average Bonchev–Trinajstić information content (AvgIpc) is 3.24. The molecule has 0 saturated carbocycles. The zero-order valence-corrected chi connectivity index (χ0v) is 19.5. The van der Waals surface area contributed by atoms with Crippen LogP contribution in [0.2, 0.25) is 0 Å². The van der Waals surface area contributed by atoms with Crippen LogP contribution in [0.3, 0.4) is 0 Å². The second-order valence-electron chi connectivity index (χ2n) is 8.40. The number of rotatable bonds is 5. The third-order valence-electron chi connectivity index (χ3n) is 6.01. The maximum atomic E-state index is 12.5. The molecule has 1 aliphatic heterocycles. The van der Waals surface area contributed by atoms with Gasteiger partial charge in [-0.2, -0.15) is 5.26 Å². The summed E-state index contributed by atoms with van der Waals surface area (Å²) in [6, 6.07) is 15.5. The molecule has 174 valence electrons. The van der Waals surface area contributed by atoms with Crippen LogP contribution in [0.25, 0.3) is 31.6 Å². The standard InChI is InChI=1S/C25H24N4O4S/c1-29-19-11-16(5-6-20(19)33-25(29)31)23-12-17-4-3-15(10-22(17)34-23)9-18(13-26)28-24(30)21-14-27-7-2-8-32-21/h3-6,10-12,18,21,27H,2,7-9,14H2,1H3,(H,28,30). The van der Waals surface area contributed by atoms with Crippen LogP contribution in [0.1, 0.15) is 12.0 Å². The molecule has 9 heteroatoms. The number of nitriles is 1. The number of hydrogen-bond donors (Lipinski definition) is 2. The highest BCUT2D eigenvalue weighted by Crippen LogP contribution is 2.35. The molecule has 2 aromatic carbocycles. The molecular formula is C25H24N4O4S. The molecule has 0 bridgehead atoms. The summed E-state index contributed by atoms with van der Waals surface area (Å²) in [7, 11) is 1.69. The highest BCUT2D eigenvalue weighted by molar-refractivity contribution is 7.22. The number of ether oxygens (including phenoxy) is 1. The molecule has 2 atom stereocenters. The van der Waals surface area contributed by atoms with Gasteiger partial charge in [0.05, 0.1) is 11.6 Å². The summed E-state index contributed by atoms with van der Waals surface area (Å²) in [4.78, 5) is 25.4. The number of hydrogen-bond acceptors (Lipinski definition) is 7. The van der Waals surface area contributed by atoms with Crippen molar-refractivity contribution in [2.45, 2.75) is 25.0 Å². The van der Waals surface area contributed by atoms with Crippen molar-refractivity contribution < 1.29 is 13.9 Å². The van der Waals surface area contributed by atoms with Gasteiger partial charge in [-0.3, -0.25) is 9.36 Å². The number of benzene rings is 2. The third-order valence-corrected chi connectivity index (χ3v) is 7.16. The molecule has 3 heterocycles. The number of amides is 1. The van der Waals surface area contributed by atoms with Crippen LogP contribution in [0.4, 0.5) is 0 Å². The predicted molar refractivity (Wildman–Crippen MR) is 131 cm³/mol. The van der Waals surface area contributed by atoms with Crippen molar-refractivity contribution >= 4 is 38.4 Å². The van der Waals surface area contributed by atoms with Crippen molar-refractivity contribution in [3.63, 3.8) is 0 Å². The summed E-state index contributed by atoms with van der Waals surface area (Å²) in [5.41, 5.74) is 3.29. The van der Waals surface area contributed by atoms with Gasteiger partial charge in [-0.15, -0.1) is 11.3 Å². The lowest BCUT2D eigenvalue weighted by atomic mass is 10.0. The Morgan fingerprint density at radius 2 is 2.21 bits per heavy atom. The Kier molecular flexibility index (Phi) is 6.20. The summed E-state index contributed by atoms with van der Waals surface area (Å²) in [6.07, 6.45) is 0.699. The van der Waals surface area contributed by atoms with Crippen LogP contribution >= 0.6 is 11.3 Å². The van der Waals surface area contributed by atoms with E-state index in [0.29, 0.717) is 25.2 Å². The Morgan fingerprint density at radius 1 is 1.32 bits per heavy atom. The molecule has 2 N–H and O–H groups in total. The number of carbonyl (C=O) groups excluding carboxylic acids is 1. The first-order valence-corrected chi connectivity index (χ1v) is 12.0. The highest BCUT2D eigenvalue weighted by Gasteiger charge is 2.23. The van der Waals surface area contributed by atoms with Crippen LogP contribution in [0.15, 0.2) is 51.7 Å². The van der Waals surface area contributed by atoms with E-state index in [2.05, 4.69) is 28.8 Å². The van der Waals surface area contributed by atoms with Gasteiger partial charge in [0, 0.05) is 36.2 Å². The summed E-state index contributed by atoms with van der Waals surface area (Å²) >= 11 is 1.64. The second-order valence-corrected chi connectivity index (χ2v) is 9.49. The fourth-order valence-electron chi connectivity index (χ4n) is 4.14. The number of aromatic nitrogens is 1. The maximum absolute atomic E-state index is 12.5. The lowest BCUT2D eigenvalue weighted by Gasteiger charge is -2.18. The molecule has 34 heavy (non-hydrogen) atoms. The molecule has 0 aliphatic carbocycles. The maximum Gasteiger partial charge on any atom is 0.419 e. The van der Waals surface area contributed by atoms with Crippen LogP contribution in [0, 0.1) is 11.3 Å². The lowest BCUT2D eigenvalue weighted by molar-refractivity contribution is -0.132. The normalized spacial score (nSPS) is 17.4. The lowest BCUT2D eigenvalue weighted by Crippen LogP contribution is -2.46. The molecule has 1 saturated heterocycles. The van der Waals surface area contributed by atoms with Crippen LogP contribution < -0.4 is 16.4 Å². The number of oxazole rings is 1. The predicted octanol–water partition coefficient (Wildman–Crippen LogP) is 2.94. The molecule has 1 aliphatic rings. The van der Waals surface area contributed by atoms with Crippen molar-refractivity contribution in [1.82, 2.24) is 15.2 Å². The van der Waals surface area contributed by atoms with Crippen LogP contribution in [0.5, 0.6) is 0 Å². The first-order valence-electron chi connectivity index (χ1n) is 11.2. The van der Waals surface area contributed by atoms with Gasteiger partial charge in [0.25, 0.3) is 5.91 Å². The van der Waals surface area contributed by atoms with E-state index < -0.39 is 12.1 Å². The van der Waals surface area contributed by atoms with Gasteiger partial charge in [0.2, 0.25) is 0 Å². The monoisotopic (exact) mass is 476 g/mol. The van der Waals surface area contributed by atoms with Gasteiger partial charge in [0.15, 0.2) is 5.58 Å². The fourth-order valence-corrected chi connectivity index (χ4v) is 5.26. The largest absolute Gasteiger partial charge is 0.419 e. The number of carbonyl (C=O) groups is 1. The van der Waals surface area contributed by atoms with E-state index >= 15 is 0 Å². The number of aryl methyl sites for hydroxylation is 1. The topological polar surface area (TPSA) is 109 Å². The molecule has 1 fully saturated rings. The number of nitrogens with zero attached hydrogens (tertiary/aromatic N) is 2. The Hall–Kier alpha value is -3.45. The fraction of sp³-hybridized carbons (Fsp3) is 0.320. The SMILES string of the molecule is Cn1c(=O)oc2ccc(-c3cc4ccc(CC(C#N)NC(=O)C5CNCCCO5)cc4s3)cc21. The zero-order valence-electron chi connectivity index (χ0n) is 18.7. The molecule has 2 aromatic heterocycles. The molecule has 0 radical (unpaired) electrons. The Morgan fingerprint density at radius 3 is 3.06 bits per heavy atom. The summed E-state index contributed by atoms with van der Waals surface area (Å²) in [6.45, 7) is 1.80. The van der Waals surface area contributed by atoms with Gasteiger partial charge in [0.1, 0.15) is 12.1 Å². The van der Waals surface area contributed by atoms with Crippen LogP contribution in [-0.2, 0) is 23.0 Å². The smallest absolute Gasteiger partial charge is 0.408 e. The van der Waals surface area contributed by atoms with Gasteiger partial charge in [-0.05, 0) is 59.8 Å². The summed E-state index contributed by atoms with van der Waals surface area (Å²) < 4.78 is 13.4. The summed E-state index contributed by atoms with van der Waals surface area (Å²) in [5, 5.41) is 16.7. The van der Waals surface area contributed by atoms with E-state index in [-0.39, 0.29) is 11.7 Å². The molecular weight excluding hydrogens is 452 g/mol. The van der Waals surface area contributed by atoms with E-state index in [1.54, 1.807) is 18.4 Å². The minimum absolute atomic E-state index is 0.260. The second kappa shape index (κ2) is 9.43. The van der Waals surface area contributed by atoms with E-state index in [4.69, 9.17) is 9.15 Å². The van der Waals surface area contributed by atoms with E-state index in [9.17, 15) is 14.9 Å². The van der Waals surface area contributed by atoms with E-state index in [1.807, 2.05) is 30.3 Å². The van der Waals surface area contributed by atoms with Crippen molar-refractivity contribution in [3.05, 3.63) is 58.6 Å². The first kappa shape index (κ1) is 22.3. The molecule has 8 nitrogen and oxygen atoms in total. The highest BCUT2D eigenvalue weighted by atomic mass is 32.1. The first-order chi connectivity index (χ1) is 16.5. The third kappa shape index (κ3) is 4.48. The zero-order chi connectivity index (χ0) is 23.7. The summed E-state index contributed by atoms with van der Waals surface area (Å²) in [5.74, 6) is -0.640. The van der Waals surface area contributed by atoms with Crippen molar-refractivity contribution in [1.29, 1.82) is 5.26 Å². The van der Waals surface area contributed by atoms with Gasteiger partial charge >= 0.3 is 5.76 Å².